The standard InChI is InChI=1S/C72H45N5/c1-3-20-46(21-4-1)50-42-51(47-22-5-2-6-23-47)44-52(43-50)75-62-35-14-12-31-58(62)70-67(75)40-41-68-71(70)59-32-13-15-36-63(59)76(68)65-38-19-39-66-69(65)57-30-11-16-37-64(57)77(66)72-73-60(55-33-17-26-48-24-7-9-28-53(48)55)45-61(74-72)56-34-18-27-49-25-8-10-29-54(49)56/h1-45H. The van der Waals surface area contributed by atoms with Gasteiger partial charge in [0.1, 0.15) is 0 Å². The normalized spacial score (nSPS) is 11.9. The average Bonchev–Trinajstić information content (AvgIpc) is 4.36. The molecule has 0 radical (unpaired) electrons. The minimum atomic E-state index is 0.616. The quantitative estimate of drug-likeness (QED) is 0.160. The largest absolute Gasteiger partial charge is 0.309 e. The van der Waals surface area contributed by atoms with Crippen molar-refractivity contribution in [2.24, 2.45) is 0 Å². The van der Waals surface area contributed by atoms with E-state index in [2.05, 4.69) is 287 Å². The molecule has 0 spiro atoms. The SMILES string of the molecule is c1ccc(-c2cc(-c3ccccc3)cc(-n3c4ccccc4c4c5c6ccccc6n(-c6cccc7c6c6ccccc6n7-c6nc(-c7cccc8ccccc78)cc(-c7cccc8ccccc78)n6)c5ccc43)c2)cc1. The van der Waals surface area contributed by atoms with Gasteiger partial charge in [-0.2, -0.15) is 0 Å². The molecule has 0 amide bonds. The highest BCUT2D eigenvalue weighted by Gasteiger charge is 2.25. The van der Waals surface area contributed by atoms with Gasteiger partial charge in [-0.05, 0) is 111 Å². The van der Waals surface area contributed by atoms with Crippen molar-refractivity contribution in [1.29, 1.82) is 0 Å². The molecule has 0 unspecified atom stereocenters. The molecular weight excluding hydrogens is 935 g/mol. The highest BCUT2D eigenvalue weighted by atomic mass is 15.2. The number of rotatable bonds is 7. The van der Waals surface area contributed by atoms with Crippen molar-refractivity contribution in [3.05, 3.63) is 273 Å². The first-order chi connectivity index (χ1) is 38.2. The summed E-state index contributed by atoms with van der Waals surface area (Å²) in [5.41, 5.74) is 17.4. The van der Waals surface area contributed by atoms with Crippen LogP contribution >= 0.6 is 0 Å². The van der Waals surface area contributed by atoms with Gasteiger partial charge in [-0.1, -0.05) is 206 Å². The van der Waals surface area contributed by atoms with E-state index in [0.717, 1.165) is 88.5 Å². The van der Waals surface area contributed by atoms with Crippen molar-refractivity contribution in [3.8, 4) is 62.1 Å². The molecule has 4 heterocycles. The van der Waals surface area contributed by atoms with E-state index in [4.69, 9.17) is 9.97 Å². The van der Waals surface area contributed by atoms with Crippen LogP contribution in [0.3, 0.4) is 0 Å². The number of para-hydroxylation sites is 3. The summed E-state index contributed by atoms with van der Waals surface area (Å²) in [4.78, 5) is 11.1. The van der Waals surface area contributed by atoms with Gasteiger partial charge in [-0.3, -0.25) is 4.57 Å². The van der Waals surface area contributed by atoms with E-state index in [1.807, 2.05) is 0 Å². The summed E-state index contributed by atoms with van der Waals surface area (Å²) in [6.45, 7) is 0. The molecule has 5 heteroatoms. The van der Waals surface area contributed by atoms with Crippen molar-refractivity contribution in [1.82, 2.24) is 23.7 Å². The number of benzene rings is 12. The molecule has 0 fully saturated rings. The number of aromatic nitrogens is 5. The predicted molar refractivity (Wildman–Crippen MR) is 322 cm³/mol. The lowest BCUT2D eigenvalue weighted by Crippen LogP contribution is -2.04. The van der Waals surface area contributed by atoms with Gasteiger partial charge in [0, 0.05) is 49.1 Å². The monoisotopic (exact) mass is 979 g/mol. The zero-order valence-electron chi connectivity index (χ0n) is 41.7. The maximum Gasteiger partial charge on any atom is 0.235 e. The molecule has 0 saturated carbocycles. The maximum atomic E-state index is 5.57. The van der Waals surface area contributed by atoms with E-state index in [1.165, 1.54) is 54.6 Å². The number of fused-ring (bicyclic) bond motifs is 12. The Hall–Kier alpha value is -10.4. The predicted octanol–water partition coefficient (Wildman–Crippen LogP) is 18.7. The van der Waals surface area contributed by atoms with Gasteiger partial charge in [0.25, 0.3) is 0 Å². The van der Waals surface area contributed by atoms with Gasteiger partial charge in [-0.25, -0.2) is 9.97 Å². The Balaban J connectivity index is 0.960. The fourth-order valence-corrected chi connectivity index (χ4v) is 12.5. The molecule has 5 nitrogen and oxygen atoms in total. The second kappa shape index (κ2) is 17.1. The first-order valence-corrected chi connectivity index (χ1v) is 26.3. The van der Waals surface area contributed by atoms with Crippen LogP contribution in [0.1, 0.15) is 0 Å². The third kappa shape index (κ3) is 6.67. The Kier molecular flexibility index (Phi) is 9.57. The summed E-state index contributed by atoms with van der Waals surface area (Å²) >= 11 is 0. The van der Waals surface area contributed by atoms with E-state index in [9.17, 15) is 0 Å². The Morgan fingerprint density at radius 2 is 0.649 bits per heavy atom. The van der Waals surface area contributed by atoms with E-state index < -0.39 is 0 Å². The van der Waals surface area contributed by atoms with E-state index >= 15 is 0 Å². The average molecular weight is 980 g/mol. The van der Waals surface area contributed by atoms with Gasteiger partial charge in [0.2, 0.25) is 5.95 Å². The van der Waals surface area contributed by atoms with Crippen molar-refractivity contribution < 1.29 is 0 Å². The van der Waals surface area contributed by atoms with Crippen LogP contribution in [0.2, 0.25) is 0 Å². The van der Waals surface area contributed by atoms with Crippen molar-refractivity contribution >= 4 is 87.0 Å². The van der Waals surface area contributed by atoms with E-state index in [1.54, 1.807) is 0 Å². The molecular formula is C72H45N5. The Bertz CT molecular complexity index is 4880. The first kappa shape index (κ1) is 43.1. The summed E-state index contributed by atoms with van der Waals surface area (Å²) < 4.78 is 7.25. The van der Waals surface area contributed by atoms with E-state index in [0.29, 0.717) is 5.95 Å². The van der Waals surface area contributed by atoms with Crippen LogP contribution in [0.15, 0.2) is 273 Å². The summed E-state index contributed by atoms with van der Waals surface area (Å²) in [7, 11) is 0. The smallest absolute Gasteiger partial charge is 0.235 e. The molecule has 358 valence electrons. The number of nitrogens with zero attached hydrogens (tertiary/aromatic N) is 5. The molecule has 0 bridgehead atoms. The lowest BCUT2D eigenvalue weighted by atomic mass is 9.98. The minimum absolute atomic E-state index is 0.616. The Morgan fingerprint density at radius 1 is 0.247 bits per heavy atom. The molecule has 16 aromatic rings. The van der Waals surface area contributed by atoms with Gasteiger partial charge in [0.05, 0.1) is 50.2 Å². The van der Waals surface area contributed by atoms with Crippen molar-refractivity contribution in [3.63, 3.8) is 0 Å². The summed E-state index contributed by atoms with van der Waals surface area (Å²) in [5, 5.41) is 11.7. The molecule has 77 heavy (non-hydrogen) atoms. The van der Waals surface area contributed by atoms with Crippen LogP contribution in [-0.2, 0) is 0 Å². The molecule has 12 aromatic carbocycles. The van der Waals surface area contributed by atoms with Crippen LogP contribution in [0.4, 0.5) is 0 Å². The molecule has 16 rings (SSSR count). The zero-order chi connectivity index (χ0) is 50.6. The molecule has 4 aromatic heterocycles. The Morgan fingerprint density at radius 3 is 1.21 bits per heavy atom. The Labute approximate surface area is 443 Å². The molecule has 0 aliphatic heterocycles. The molecule has 0 atom stereocenters. The van der Waals surface area contributed by atoms with Crippen LogP contribution in [0.25, 0.3) is 149 Å². The van der Waals surface area contributed by atoms with E-state index in [-0.39, 0.29) is 0 Å². The third-order valence-corrected chi connectivity index (χ3v) is 15.8. The van der Waals surface area contributed by atoms with Crippen LogP contribution in [0, 0.1) is 0 Å². The van der Waals surface area contributed by atoms with Gasteiger partial charge in [0.15, 0.2) is 0 Å². The second-order valence-electron chi connectivity index (χ2n) is 20.1. The van der Waals surface area contributed by atoms with Gasteiger partial charge >= 0.3 is 0 Å². The summed E-state index contributed by atoms with van der Waals surface area (Å²) in [5.74, 6) is 0.616. The number of hydrogen-bond acceptors (Lipinski definition) is 2. The second-order valence-corrected chi connectivity index (χ2v) is 20.1. The summed E-state index contributed by atoms with van der Waals surface area (Å²) in [6, 6.07) is 98.8. The molecule has 0 aliphatic rings. The fraction of sp³-hybridized carbons (Fsp3) is 0. The van der Waals surface area contributed by atoms with Gasteiger partial charge in [-0.15, -0.1) is 0 Å². The van der Waals surface area contributed by atoms with Crippen LogP contribution in [-0.4, -0.2) is 23.7 Å². The van der Waals surface area contributed by atoms with Crippen molar-refractivity contribution in [2.75, 3.05) is 0 Å². The molecule has 0 N–H and O–H groups in total. The molecule has 0 aliphatic carbocycles. The van der Waals surface area contributed by atoms with Crippen LogP contribution in [0.5, 0.6) is 0 Å². The lowest BCUT2D eigenvalue weighted by molar-refractivity contribution is 0.996. The fourth-order valence-electron chi connectivity index (χ4n) is 12.5. The van der Waals surface area contributed by atoms with Crippen LogP contribution < -0.4 is 0 Å². The van der Waals surface area contributed by atoms with Crippen molar-refractivity contribution in [2.45, 2.75) is 0 Å². The topological polar surface area (TPSA) is 40.6 Å². The maximum absolute atomic E-state index is 5.57. The highest BCUT2D eigenvalue weighted by molar-refractivity contribution is 6.29. The molecule has 0 saturated heterocycles. The summed E-state index contributed by atoms with van der Waals surface area (Å²) in [6.07, 6.45) is 0. The first-order valence-electron chi connectivity index (χ1n) is 26.3. The highest BCUT2D eigenvalue weighted by Crippen LogP contribution is 2.46. The zero-order valence-corrected chi connectivity index (χ0v) is 41.7. The lowest BCUT2D eigenvalue weighted by Gasteiger charge is -2.15. The number of hydrogen-bond donors (Lipinski definition) is 0. The third-order valence-electron chi connectivity index (χ3n) is 15.8. The minimum Gasteiger partial charge on any atom is -0.309 e. The van der Waals surface area contributed by atoms with Gasteiger partial charge < -0.3 is 9.13 Å².